The Bertz CT molecular complexity index is 967. The van der Waals surface area contributed by atoms with Gasteiger partial charge in [-0.1, -0.05) is 42.4 Å². The summed E-state index contributed by atoms with van der Waals surface area (Å²) in [6.07, 6.45) is -3.36. The van der Waals surface area contributed by atoms with E-state index in [1.807, 2.05) is 31.2 Å². The topological polar surface area (TPSA) is 68.0 Å². The average molecular weight is 389 g/mol. The summed E-state index contributed by atoms with van der Waals surface area (Å²) >= 11 is 0. The van der Waals surface area contributed by atoms with Gasteiger partial charge in [0.15, 0.2) is 0 Å². The zero-order valence-corrected chi connectivity index (χ0v) is 15.1. The standard InChI is InChI=1S/C20H18F3N3O2/c1-2-13-6-3-4-9-16(13)24-17(27)10-11-18-25-19(26-28-18)14-7-5-8-15(12-14)20(21,22)23/h3-9,12H,2,10-11H2,1H3,(H,24,27). The maximum atomic E-state index is 12.8. The van der Waals surface area contributed by atoms with Gasteiger partial charge in [-0.25, -0.2) is 0 Å². The molecule has 28 heavy (non-hydrogen) atoms. The molecule has 3 aromatic rings. The number of carbonyl (C=O) groups is 1. The molecule has 2 aromatic carbocycles. The van der Waals surface area contributed by atoms with E-state index in [-0.39, 0.29) is 36.0 Å². The lowest BCUT2D eigenvalue weighted by molar-refractivity contribution is -0.137. The largest absolute Gasteiger partial charge is 0.416 e. The lowest BCUT2D eigenvalue weighted by atomic mass is 10.1. The molecule has 0 saturated heterocycles. The van der Waals surface area contributed by atoms with Crippen LogP contribution in [0.1, 0.15) is 30.4 Å². The molecule has 0 spiro atoms. The molecular weight excluding hydrogens is 371 g/mol. The number of anilines is 1. The first-order valence-electron chi connectivity index (χ1n) is 8.75. The third-order valence-corrected chi connectivity index (χ3v) is 4.15. The summed E-state index contributed by atoms with van der Waals surface area (Å²) in [4.78, 5) is 16.3. The molecule has 1 aromatic heterocycles. The maximum Gasteiger partial charge on any atom is 0.416 e. The van der Waals surface area contributed by atoms with E-state index in [1.165, 1.54) is 12.1 Å². The minimum absolute atomic E-state index is 0.0536. The molecule has 146 valence electrons. The van der Waals surface area contributed by atoms with Crippen LogP contribution >= 0.6 is 0 Å². The number of hydrogen-bond acceptors (Lipinski definition) is 4. The van der Waals surface area contributed by atoms with Gasteiger partial charge in [-0.3, -0.25) is 4.79 Å². The fourth-order valence-electron chi connectivity index (χ4n) is 2.69. The highest BCUT2D eigenvalue weighted by molar-refractivity contribution is 5.91. The third-order valence-electron chi connectivity index (χ3n) is 4.15. The first kappa shape index (κ1) is 19.6. The Morgan fingerprint density at radius 2 is 1.93 bits per heavy atom. The Kier molecular flexibility index (Phi) is 5.77. The van der Waals surface area contributed by atoms with Crippen molar-refractivity contribution in [1.82, 2.24) is 10.1 Å². The second-order valence-corrected chi connectivity index (χ2v) is 6.15. The number of benzene rings is 2. The fourth-order valence-corrected chi connectivity index (χ4v) is 2.69. The Morgan fingerprint density at radius 1 is 1.14 bits per heavy atom. The van der Waals surface area contributed by atoms with Crippen molar-refractivity contribution >= 4 is 11.6 Å². The van der Waals surface area contributed by atoms with Crippen LogP contribution in [-0.2, 0) is 23.8 Å². The number of para-hydroxylation sites is 1. The Balaban J connectivity index is 1.63. The minimum atomic E-state index is -4.45. The van der Waals surface area contributed by atoms with Gasteiger partial charge in [0.05, 0.1) is 5.56 Å². The van der Waals surface area contributed by atoms with Crippen LogP contribution in [0.2, 0.25) is 0 Å². The minimum Gasteiger partial charge on any atom is -0.339 e. The Labute approximate surface area is 159 Å². The van der Waals surface area contributed by atoms with Gasteiger partial charge in [-0.2, -0.15) is 18.2 Å². The van der Waals surface area contributed by atoms with Gasteiger partial charge in [-0.05, 0) is 30.2 Å². The number of rotatable bonds is 6. The highest BCUT2D eigenvalue weighted by atomic mass is 19.4. The summed E-state index contributed by atoms with van der Waals surface area (Å²) in [7, 11) is 0. The lowest BCUT2D eigenvalue weighted by Crippen LogP contribution is -2.13. The third kappa shape index (κ3) is 4.76. The number of alkyl halides is 3. The van der Waals surface area contributed by atoms with E-state index in [0.29, 0.717) is 0 Å². The number of halogens is 3. The molecule has 0 aliphatic heterocycles. The number of carbonyl (C=O) groups excluding carboxylic acids is 1. The molecule has 0 aliphatic carbocycles. The first-order valence-corrected chi connectivity index (χ1v) is 8.75. The van der Waals surface area contributed by atoms with Crippen molar-refractivity contribution in [1.29, 1.82) is 0 Å². The number of hydrogen-bond donors (Lipinski definition) is 1. The monoisotopic (exact) mass is 389 g/mol. The molecule has 0 bridgehead atoms. The van der Waals surface area contributed by atoms with Crippen LogP contribution in [0.4, 0.5) is 18.9 Å². The Morgan fingerprint density at radius 3 is 2.68 bits per heavy atom. The summed E-state index contributed by atoms with van der Waals surface area (Å²) in [6, 6.07) is 12.2. The van der Waals surface area contributed by atoms with E-state index in [4.69, 9.17) is 4.52 Å². The molecule has 0 saturated carbocycles. The molecule has 8 heteroatoms. The number of amides is 1. The molecule has 0 atom stereocenters. The summed E-state index contributed by atoms with van der Waals surface area (Å²) in [5.74, 6) is 0.0314. The van der Waals surface area contributed by atoms with Crippen LogP contribution in [0.3, 0.4) is 0 Å². The van der Waals surface area contributed by atoms with Crippen molar-refractivity contribution in [2.45, 2.75) is 32.4 Å². The lowest BCUT2D eigenvalue weighted by Gasteiger charge is -2.08. The van der Waals surface area contributed by atoms with E-state index in [9.17, 15) is 18.0 Å². The number of aryl methyl sites for hydroxylation is 2. The van der Waals surface area contributed by atoms with Crippen LogP contribution < -0.4 is 5.32 Å². The molecule has 0 unspecified atom stereocenters. The van der Waals surface area contributed by atoms with Gasteiger partial charge in [-0.15, -0.1) is 0 Å². The van der Waals surface area contributed by atoms with Crippen molar-refractivity contribution < 1.29 is 22.5 Å². The zero-order valence-electron chi connectivity index (χ0n) is 15.1. The normalized spacial score (nSPS) is 11.4. The quantitative estimate of drug-likeness (QED) is 0.652. The summed E-state index contributed by atoms with van der Waals surface area (Å²) < 4.78 is 43.5. The van der Waals surface area contributed by atoms with Gasteiger partial charge in [0.1, 0.15) is 0 Å². The van der Waals surface area contributed by atoms with Crippen LogP contribution in [0.25, 0.3) is 11.4 Å². The molecule has 1 heterocycles. The summed E-state index contributed by atoms with van der Waals surface area (Å²) in [5, 5.41) is 6.55. The molecule has 3 rings (SSSR count). The molecule has 0 fully saturated rings. The number of nitrogens with one attached hydrogen (secondary N) is 1. The number of aromatic nitrogens is 2. The highest BCUT2D eigenvalue weighted by Gasteiger charge is 2.30. The predicted octanol–water partition coefficient (Wildman–Crippen LogP) is 4.89. The summed E-state index contributed by atoms with van der Waals surface area (Å²) in [6.45, 7) is 2.00. The van der Waals surface area contributed by atoms with Crippen LogP contribution in [-0.4, -0.2) is 16.0 Å². The van der Waals surface area contributed by atoms with Crippen molar-refractivity contribution in [3.63, 3.8) is 0 Å². The number of nitrogens with zero attached hydrogens (tertiary/aromatic N) is 2. The van der Waals surface area contributed by atoms with Gasteiger partial charge < -0.3 is 9.84 Å². The van der Waals surface area contributed by atoms with E-state index < -0.39 is 11.7 Å². The first-order chi connectivity index (χ1) is 13.4. The Hall–Kier alpha value is -3.16. The molecule has 0 aliphatic rings. The highest BCUT2D eigenvalue weighted by Crippen LogP contribution is 2.31. The second kappa shape index (κ2) is 8.24. The van der Waals surface area contributed by atoms with Crippen molar-refractivity contribution in [3.8, 4) is 11.4 Å². The van der Waals surface area contributed by atoms with Crippen LogP contribution in [0.5, 0.6) is 0 Å². The van der Waals surface area contributed by atoms with Crippen molar-refractivity contribution in [2.75, 3.05) is 5.32 Å². The van der Waals surface area contributed by atoms with Gasteiger partial charge >= 0.3 is 6.18 Å². The van der Waals surface area contributed by atoms with E-state index in [2.05, 4.69) is 15.5 Å². The second-order valence-electron chi connectivity index (χ2n) is 6.15. The SMILES string of the molecule is CCc1ccccc1NC(=O)CCc1nc(-c2cccc(C(F)(F)F)c2)no1. The van der Waals surface area contributed by atoms with E-state index in [0.717, 1.165) is 29.8 Å². The molecule has 1 N–H and O–H groups in total. The van der Waals surface area contributed by atoms with E-state index >= 15 is 0 Å². The van der Waals surface area contributed by atoms with Crippen LogP contribution in [0.15, 0.2) is 53.1 Å². The molecule has 0 radical (unpaired) electrons. The van der Waals surface area contributed by atoms with Crippen molar-refractivity contribution in [2.24, 2.45) is 0 Å². The van der Waals surface area contributed by atoms with Gasteiger partial charge in [0, 0.05) is 24.1 Å². The van der Waals surface area contributed by atoms with E-state index in [1.54, 1.807) is 0 Å². The van der Waals surface area contributed by atoms with Gasteiger partial charge in [0.2, 0.25) is 17.6 Å². The van der Waals surface area contributed by atoms with Crippen LogP contribution in [0, 0.1) is 0 Å². The van der Waals surface area contributed by atoms with Gasteiger partial charge in [0.25, 0.3) is 0 Å². The smallest absolute Gasteiger partial charge is 0.339 e. The molecule has 5 nitrogen and oxygen atoms in total. The zero-order chi connectivity index (χ0) is 20.1. The fraction of sp³-hybridized carbons (Fsp3) is 0.250. The van der Waals surface area contributed by atoms with Crippen molar-refractivity contribution in [3.05, 3.63) is 65.5 Å². The average Bonchev–Trinajstić information content (AvgIpc) is 3.15. The predicted molar refractivity (Wildman–Crippen MR) is 97.5 cm³/mol. The molecular formula is C20H18F3N3O2. The summed E-state index contributed by atoms with van der Waals surface area (Å²) in [5.41, 5.74) is 1.20. The molecule has 1 amide bonds. The maximum absolute atomic E-state index is 12.8.